The third-order valence-electron chi connectivity index (χ3n) is 4.34. The zero-order valence-electron chi connectivity index (χ0n) is 13.7. The maximum absolute atomic E-state index is 12.1. The van der Waals surface area contributed by atoms with Crippen molar-refractivity contribution in [1.29, 1.82) is 0 Å². The molecule has 0 aromatic rings. The van der Waals surface area contributed by atoms with Crippen molar-refractivity contribution in [2.75, 3.05) is 33.2 Å². The van der Waals surface area contributed by atoms with Crippen molar-refractivity contribution in [3.8, 4) is 0 Å². The lowest BCUT2D eigenvalue weighted by Gasteiger charge is -2.37. The largest absolute Gasteiger partial charge is 0.481 e. The normalized spacial score (nSPS) is 20.4. The van der Waals surface area contributed by atoms with Gasteiger partial charge in [-0.3, -0.25) is 4.79 Å². The van der Waals surface area contributed by atoms with E-state index in [1.165, 1.54) is 0 Å². The summed E-state index contributed by atoms with van der Waals surface area (Å²) < 4.78 is 0. The highest BCUT2D eigenvalue weighted by Gasteiger charge is 2.25. The Morgan fingerprint density at radius 2 is 1.95 bits per heavy atom. The second-order valence-corrected chi connectivity index (χ2v) is 6.82. The number of carboxylic acids is 1. The van der Waals surface area contributed by atoms with Crippen LogP contribution in [0.5, 0.6) is 0 Å². The number of nitrogens with one attached hydrogen (secondary N) is 1. The van der Waals surface area contributed by atoms with Gasteiger partial charge in [0.05, 0.1) is 0 Å². The summed E-state index contributed by atoms with van der Waals surface area (Å²) >= 11 is 0. The minimum Gasteiger partial charge on any atom is -0.481 e. The van der Waals surface area contributed by atoms with E-state index in [-0.39, 0.29) is 17.9 Å². The zero-order chi connectivity index (χ0) is 16.0. The second kappa shape index (κ2) is 7.64. The first-order valence-electron chi connectivity index (χ1n) is 7.66. The summed E-state index contributed by atoms with van der Waals surface area (Å²) in [4.78, 5) is 26.8. The zero-order valence-corrected chi connectivity index (χ0v) is 13.7. The van der Waals surface area contributed by atoms with E-state index in [9.17, 15) is 9.59 Å². The maximum Gasteiger partial charge on any atom is 0.317 e. The summed E-state index contributed by atoms with van der Waals surface area (Å²) in [7, 11) is 2.07. The monoisotopic (exact) mass is 299 g/mol. The molecule has 6 nitrogen and oxygen atoms in total. The molecule has 1 fully saturated rings. The van der Waals surface area contributed by atoms with E-state index >= 15 is 0 Å². The molecule has 1 aliphatic heterocycles. The van der Waals surface area contributed by atoms with Gasteiger partial charge in [-0.1, -0.05) is 13.8 Å². The van der Waals surface area contributed by atoms with Crippen molar-refractivity contribution in [2.45, 2.75) is 46.1 Å². The molecule has 21 heavy (non-hydrogen) atoms. The van der Waals surface area contributed by atoms with Crippen LogP contribution in [-0.2, 0) is 4.79 Å². The first kappa shape index (κ1) is 17.8. The van der Waals surface area contributed by atoms with Gasteiger partial charge in [0.25, 0.3) is 0 Å². The highest BCUT2D eigenvalue weighted by molar-refractivity contribution is 5.74. The van der Waals surface area contributed by atoms with E-state index in [2.05, 4.69) is 24.2 Å². The smallest absolute Gasteiger partial charge is 0.317 e. The molecule has 1 heterocycles. The fourth-order valence-corrected chi connectivity index (χ4v) is 2.42. The number of carboxylic acid groups (broad SMARTS) is 1. The highest BCUT2D eigenvalue weighted by atomic mass is 16.4. The summed E-state index contributed by atoms with van der Waals surface area (Å²) in [6.07, 6.45) is 1.59. The molecule has 0 aromatic carbocycles. The van der Waals surface area contributed by atoms with Gasteiger partial charge in [-0.15, -0.1) is 0 Å². The Bertz CT molecular complexity index is 371. The fourth-order valence-electron chi connectivity index (χ4n) is 2.42. The average Bonchev–Trinajstić information content (AvgIpc) is 2.39. The Hall–Kier alpha value is -1.30. The second-order valence-electron chi connectivity index (χ2n) is 6.82. The van der Waals surface area contributed by atoms with Gasteiger partial charge in [0.1, 0.15) is 0 Å². The molecule has 1 unspecified atom stereocenters. The SMILES string of the molecule is CC1CN(C(=O)NCCC(C)(C)CCC(=O)O)CCN1C. The Balaban J connectivity index is 2.28. The fraction of sp³-hybridized carbons (Fsp3) is 0.867. The molecule has 1 saturated heterocycles. The van der Waals surface area contributed by atoms with Gasteiger partial charge in [-0.05, 0) is 32.2 Å². The van der Waals surface area contributed by atoms with Crippen molar-refractivity contribution in [3.05, 3.63) is 0 Å². The van der Waals surface area contributed by atoms with E-state index in [1.807, 2.05) is 18.7 Å². The van der Waals surface area contributed by atoms with Crippen LogP contribution in [-0.4, -0.2) is 66.2 Å². The molecule has 1 aliphatic rings. The number of hydrogen-bond acceptors (Lipinski definition) is 3. The van der Waals surface area contributed by atoms with Crippen LogP contribution in [0.3, 0.4) is 0 Å². The number of carbonyl (C=O) groups is 2. The minimum atomic E-state index is -0.765. The van der Waals surface area contributed by atoms with Crippen molar-refractivity contribution in [2.24, 2.45) is 5.41 Å². The molecule has 0 saturated carbocycles. The van der Waals surface area contributed by atoms with E-state index in [4.69, 9.17) is 5.11 Å². The third kappa shape index (κ3) is 6.33. The number of aliphatic carboxylic acids is 1. The van der Waals surface area contributed by atoms with Crippen LogP contribution in [0.2, 0.25) is 0 Å². The molecule has 2 N–H and O–H groups in total. The van der Waals surface area contributed by atoms with Crippen molar-refractivity contribution >= 4 is 12.0 Å². The van der Waals surface area contributed by atoms with Gasteiger partial charge in [0, 0.05) is 38.6 Å². The molecule has 0 aliphatic carbocycles. The number of urea groups is 1. The van der Waals surface area contributed by atoms with Gasteiger partial charge in [-0.2, -0.15) is 0 Å². The first-order valence-corrected chi connectivity index (χ1v) is 7.66. The van der Waals surface area contributed by atoms with Crippen LogP contribution in [0, 0.1) is 5.41 Å². The van der Waals surface area contributed by atoms with Gasteiger partial charge >= 0.3 is 12.0 Å². The Kier molecular flexibility index (Phi) is 6.45. The number of nitrogens with zero attached hydrogens (tertiary/aromatic N) is 2. The molecular formula is C15H29N3O3. The number of amides is 2. The van der Waals surface area contributed by atoms with Crippen LogP contribution in [0.15, 0.2) is 0 Å². The molecule has 122 valence electrons. The molecule has 0 aromatic heterocycles. The average molecular weight is 299 g/mol. The lowest BCUT2D eigenvalue weighted by molar-refractivity contribution is -0.137. The molecular weight excluding hydrogens is 270 g/mol. The number of rotatable bonds is 6. The van der Waals surface area contributed by atoms with E-state index < -0.39 is 5.97 Å². The predicted octanol–water partition coefficient (Wildman–Crippen LogP) is 1.61. The lowest BCUT2D eigenvalue weighted by atomic mass is 9.84. The highest BCUT2D eigenvalue weighted by Crippen LogP contribution is 2.26. The van der Waals surface area contributed by atoms with Gasteiger partial charge in [0.2, 0.25) is 0 Å². The van der Waals surface area contributed by atoms with Crippen LogP contribution >= 0.6 is 0 Å². The number of carbonyl (C=O) groups excluding carboxylic acids is 1. The maximum atomic E-state index is 12.1. The number of hydrogen-bond donors (Lipinski definition) is 2. The summed E-state index contributed by atoms with van der Waals surface area (Å²) in [6, 6.07) is 0.375. The Morgan fingerprint density at radius 1 is 1.29 bits per heavy atom. The predicted molar refractivity (Wildman–Crippen MR) is 82.3 cm³/mol. The Labute approximate surface area is 127 Å². The quantitative estimate of drug-likeness (QED) is 0.781. The Morgan fingerprint density at radius 3 is 2.52 bits per heavy atom. The molecule has 0 bridgehead atoms. The van der Waals surface area contributed by atoms with E-state index in [0.29, 0.717) is 19.0 Å². The van der Waals surface area contributed by atoms with Gasteiger partial charge in [0.15, 0.2) is 0 Å². The molecule has 6 heteroatoms. The number of piperazine rings is 1. The van der Waals surface area contributed by atoms with Gasteiger partial charge in [-0.25, -0.2) is 4.79 Å². The molecule has 0 spiro atoms. The summed E-state index contributed by atoms with van der Waals surface area (Å²) in [5.74, 6) is -0.765. The summed E-state index contributed by atoms with van der Waals surface area (Å²) in [5, 5.41) is 11.7. The molecule has 1 atom stereocenters. The van der Waals surface area contributed by atoms with Crippen LogP contribution in [0.1, 0.15) is 40.0 Å². The summed E-state index contributed by atoms with van der Waals surface area (Å²) in [5.41, 5.74) is -0.0684. The minimum absolute atomic E-state index is 0.0102. The van der Waals surface area contributed by atoms with E-state index in [1.54, 1.807) is 0 Å². The van der Waals surface area contributed by atoms with Crippen molar-refractivity contribution < 1.29 is 14.7 Å². The molecule has 2 amide bonds. The third-order valence-corrected chi connectivity index (χ3v) is 4.34. The van der Waals surface area contributed by atoms with Crippen LogP contribution in [0.4, 0.5) is 4.79 Å². The standard InChI is InChI=1S/C15H29N3O3/c1-12-11-18(10-9-17(12)4)14(21)16-8-7-15(2,3)6-5-13(19)20/h12H,5-11H2,1-4H3,(H,16,21)(H,19,20). The van der Waals surface area contributed by atoms with Gasteiger partial charge < -0.3 is 20.2 Å². The topological polar surface area (TPSA) is 72.9 Å². The van der Waals surface area contributed by atoms with Crippen LogP contribution < -0.4 is 5.32 Å². The first-order chi connectivity index (χ1) is 9.71. The molecule has 0 radical (unpaired) electrons. The summed E-state index contributed by atoms with van der Waals surface area (Å²) in [6.45, 7) is 9.21. The van der Waals surface area contributed by atoms with Crippen molar-refractivity contribution in [1.82, 2.24) is 15.1 Å². The van der Waals surface area contributed by atoms with Crippen LogP contribution in [0.25, 0.3) is 0 Å². The number of likely N-dealkylation sites (N-methyl/N-ethyl adjacent to an activating group) is 1. The lowest BCUT2D eigenvalue weighted by Crippen LogP contribution is -2.54. The van der Waals surface area contributed by atoms with Crippen molar-refractivity contribution in [3.63, 3.8) is 0 Å². The van der Waals surface area contributed by atoms with E-state index in [0.717, 1.165) is 26.1 Å². The molecule has 1 rings (SSSR count).